The zero-order chi connectivity index (χ0) is 20.8. The van der Waals surface area contributed by atoms with Gasteiger partial charge in [0.2, 0.25) is 5.91 Å². The highest BCUT2D eigenvalue weighted by atomic mass is 19.3. The van der Waals surface area contributed by atoms with Gasteiger partial charge in [-0.2, -0.15) is 0 Å². The highest BCUT2D eigenvalue weighted by molar-refractivity contribution is 6.04. The number of hydrogen-bond donors (Lipinski definition) is 4. The van der Waals surface area contributed by atoms with Crippen molar-refractivity contribution in [1.29, 1.82) is 5.41 Å². The second kappa shape index (κ2) is 9.81. The number of amidine groups is 1. The minimum Gasteiger partial charge on any atom is -0.446 e. The van der Waals surface area contributed by atoms with Crippen LogP contribution in [0.2, 0.25) is 0 Å². The van der Waals surface area contributed by atoms with Gasteiger partial charge >= 0.3 is 6.09 Å². The van der Waals surface area contributed by atoms with E-state index in [-0.39, 0.29) is 23.9 Å². The van der Waals surface area contributed by atoms with Gasteiger partial charge in [0, 0.05) is 17.7 Å². The Morgan fingerprint density at radius 1 is 1.29 bits per heavy atom. The molecule has 10 heteroatoms. The molecule has 2 fully saturated rings. The summed E-state index contributed by atoms with van der Waals surface area (Å²) in [5, 5.41) is 12.9. The molecule has 0 radical (unpaired) electrons. The van der Waals surface area contributed by atoms with Crippen molar-refractivity contribution in [2.24, 2.45) is 17.6 Å². The number of halogens is 2. The van der Waals surface area contributed by atoms with E-state index in [1.165, 1.54) is 6.08 Å². The summed E-state index contributed by atoms with van der Waals surface area (Å²) in [6, 6.07) is -0.00872. The summed E-state index contributed by atoms with van der Waals surface area (Å²) in [7, 11) is 0. The lowest BCUT2D eigenvalue weighted by atomic mass is 10.0. The monoisotopic (exact) mass is 402 g/mol. The van der Waals surface area contributed by atoms with Crippen LogP contribution in [-0.2, 0) is 14.3 Å². The Morgan fingerprint density at radius 2 is 2.00 bits per heavy atom. The van der Waals surface area contributed by atoms with Crippen molar-refractivity contribution in [1.82, 2.24) is 10.6 Å². The third-order valence-electron chi connectivity index (χ3n) is 4.61. The first kappa shape index (κ1) is 22.1. The molecule has 158 valence electrons. The maximum Gasteiger partial charge on any atom is 0.407 e. The van der Waals surface area contributed by atoms with E-state index in [0.717, 1.165) is 6.42 Å². The van der Waals surface area contributed by atoms with Crippen LogP contribution in [0.25, 0.3) is 0 Å². The van der Waals surface area contributed by atoms with Gasteiger partial charge in [-0.25, -0.2) is 13.6 Å². The maximum absolute atomic E-state index is 12.1. The lowest BCUT2D eigenvalue weighted by Gasteiger charge is -2.15. The molecule has 4 atom stereocenters. The van der Waals surface area contributed by atoms with E-state index in [0.29, 0.717) is 25.0 Å². The van der Waals surface area contributed by atoms with Gasteiger partial charge in [0.05, 0.1) is 12.0 Å². The molecular weight excluding hydrogens is 374 g/mol. The molecule has 8 nitrogen and oxygen atoms in total. The molecule has 0 saturated heterocycles. The van der Waals surface area contributed by atoms with Crippen molar-refractivity contribution >= 4 is 17.8 Å². The maximum atomic E-state index is 12.1. The molecule has 2 amide bonds. The van der Waals surface area contributed by atoms with Crippen LogP contribution < -0.4 is 16.4 Å². The summed E-state index contributed by atoms with van der Waals surface area (Å²) in [5.74, 6) is -1.16. The van der Waals surface area contributed by atoms with Crippen molar-refractivity contribution < 1.29 is 27.8 Å². The van der Waals surface area contributed by atoms with Crippen LogP contribution in [0.15, 0.2) is 11.8 Å². The Bertz CT molecular complexity index is 627. The fraction of sp³-hybridized carbons (Fsp3) is 0.722. The Morgan fingerprint density at radius 3 is 2.64 bits per heavy atom. The number of alkyl halides is 2. The Labute approximate surface area is 162 Å². The Kier molecular flexibility index (Phi) is 7.73. The molecule has 2 unspecified atom stereocenters. The van der Waals surface area contributed by atoms with Gasteiger partial charge in [-0.3, -0.25) is 10.2 Å². The van der Waals surface area contributed by atoms with Crippen molar-refractivity contribution in [3.63, 3.8) is 0 Å². The predicted octanol–water partition coefficient (Wildman–Crippen LogP) is 1.90. The lowest BCUT2D eigenvalue weighted by Crippen LogP contribution is -2.33. The van der Waals surface area contributed by atoms with E-state index < -0.39 is 37.1 Å². The molecule has 2 rings (SSSR count). The van der Waals surface area contributed by atoms with Gasteiger partial charge in [-0.05, 0) is 45.6 Å². The van der Waals surface area contributed by atoms with Crippen molar-refractivity contribution in [3.8, 4) is 0 Å². The quantitative estimate of drug-likeness (QED) is 0.364. The third-order valence-corrected chi connectivity index (χ3v) is 4.61. The lowest BCUT2D eigenvalue weighted by molar-refractivity contribution is -0.122. The Balaban J connectivity index is 1.73. The van der Waals surface area contributed by atoms with Crippen LogP contribution in [0.3, 0.4) is 0 Å². The molecule has 0 aromatic heterocycles. The first-order valence-electron chi connectivity index (χ1n) is 9.39. The van der Waals surface area contributed by atoms with Gasteiger partial charge in [-0.1, -0.05) is 0 Å². The number of allylic oxidation sites excluding steroid dienone is 1. The molecule has 0 aliphatic heterocycles. The van der Waals surface area contributed by atoms with Crippen LogP contribution in [-0.4, -0.2) is 49.1 Å². The summed E-state index contributed by atoms with van der Waals surface area (Å²) < 4.78 is 34.4. The zero-order valence-corrected chi connectivity index (χ0v) is 16.0. The molecule has 5 N–H and O–H groups in total. The topological polar surface area (TPSA) is 127 Å². The summed E-state index contributed by atoms with van der Waals surface area (Å²) >= 11 is 0. The van der Waals surface area contributed by atoms with Crippen LogP contribution in [0, 0.1) is 17.2 Å². The second-order valence-corrected chi connectivity index (χ2v) is 7.49. The molecule has 0 heterocycles. The van der Waals surface area contributed by atoms with E-state index in [4.69, 9.17) is 20.6 Å². The molecule has 2 aliphatic rings. The average molecular weight is 402 g/mol. The molecule has 0 spiro atoms. The second-order valence-electron chi connectivity index (χ2n) is 7.49. The van der Waals surface area contributed by atoms with Gasteiger partial charge < -0.3 is 25.8 Å². The molecular formula is C18H28F2N4O4. The van der Waals surface area contributed by atoms with E-state index in [2.05, 4.69) is 10.6 Å². The standard InChI is InChI=1S/C18H28F2N4O4/c1-9(2)23-18(26)28-11-4-3-10(5-11)13(21)7-16(22)24-17(25)12-6-14(12)27-8-15(19)20/h7,9-12,14-15H,3-6,8,21H2,1-2H3,(H,23,26)(H2,22,24,25)/b13-7-/t10-,11+,12?,14?/m0/s1. The average Bonchev–Trinajstić information content (AvgIpc) is 3.21. The van der Waals surface area contributed by atoms with Crippen LogP contribution in [0.4, 0.5) is 13.6 Å². The fourth-order valence-corrected chi connectivity index (χ4v) is 3.15. The van der Waals surface area contributed by atoms with E-state index >= 15 is 0 Å². The fourth-order valence-electron chi connectivity index (χ4n) is 3.15. The summed E-state index contributed by atoms with van der Waals surface area (Å²) in [6.07, 6.45) is -0.0998. The molecule has 2 aliphatic carbocycles. The number of carbonyl (C=O) groups is 2. The number of ether oxygens (including phenoxy) is 2. The van der Waals surface area contributed by atoms with E-state index in [1.54, 1.807) is 0 Å². The normalized spacial score (nSPS) is 27.0. The number of alkyl carbamates (subject to hydrolysis) is 1. The first-order chi connectivity index (χ1) is 13.2. The van der Waals surface area contributed by atoms with Gasteiger partial charge in [0.15, 0.2) is 0 Å². The molecule has 0 aromatic rings. The van der Waals surface area contributed by atoms with E-state index in [9.17, 15) is 18.4 Å². The summed E-state index contributed by atoms with van der Waals surface area (Å²) in [4.78, 5) is 23.6. The zero-order valence-electron chi connectivity index (χ0n) is 16.0. The van der Waals surface area contributed by atoms with Crippen LogP contribution >= 0.6 is 0 Å². The van der Waals surface area contributed by atoms with E-state index in [1.807, 2.05) is 13.8 Å². The number of hydrogen-bond acceptors (Lipinski definition) is 6. The van der Waals surface area contributed by atoms with Crippen LogP contribution in [0.1, 0.15) is 39.5 Å². The molecule has 28 heavy (non-hydrogen) atoms. The first-order valence-corrected chi connectivity index (χ1v) is 9.39. The highest BCUT2D eigenvalue weighted by Crippen LogP contribution is 2.34. The van der Waals surface area contributed by atoms with Gasteiger partial charge in [0.25, 0.3) is 6.43 Å². The SMILES string of the molecule is CC(C)NC(=O)O[C@@H]1CC[C@H](/C(N)=C/C(=N)NC(=O)C2CC2OCC(F)F)C1. The summed E-state index contributed by atoms with van der Waals surface area (Å²) in [6.45, 7) is 2.99. The summed E-state index contributed by atoms with van der Waals surface area (Å²) in [5.41, 5.74) is 6.47. The highest BCUT2D eigenvalue weighted by Gasteiger charge is 2.44. The van der Waals surface area contributed by atoms with Gasteiger partial charge in [-0.15, -0.1) is 0 Å². The van der Waals surface area contributed by atoms with Crippen molar-refractivity contribution in [3.05, 3.63) is 11.8 Å². The molecule has 2 saturated carbocycles. The van der Waals surface area contributed by atoms with Crippen molar-refractivity contribution in [2.45, 2.75) is 64.2 Å². The van der Waals surface area contributed by atoms with Gasteiger partial charge in [0.1, 0.15) is 18.5 Å². The smallest absolute Gasteiger partial charge is 0.407 e. The minimum absolute atomic E-state index is 0.00872. The number of carbonyl (C=O) groups excluding carboxylic acids is 2. The number of nitrogens with two attached hydrogens (primary N) is 1. The third kappa shape index (κ3) is 7.06. The largest absolute Gasteiger partial charge is 0.446 e. The predicted molar refractivity (Wildman–Crippen MR) is 97.9 cm³/mol. The number of amides is 2. The van der Waals surface area contributed by atoms with Crippen LogP contribution in [0.5, 0.6) is 0 Å². The number of nitrogens with one attached hydrogen (secondary N) is 3. The Hall–Kier alpha value is -2.23. The van der Waals surface area contributed by atoms with Crippen molar-refractivity contribution in [2.75, 3.05) is 6.61 Å². The molecule has 0 aromatic carbocycles. The number of rotatable bonds is 8. The minimum atomic E-state index is -2.57. The molecule has 0 bridgehead atoms.